The lowest BCUT2D eigenvalue weighted by Crippen LogP contribution is -2.41. The zero-order valence-electron chi connectivity index (χ0n) is 12.8. The molecule has 22 heavy (non-hydrogen) atoms. The van der Waals surface area contributed by atoms with Gasteiger partial charge in [-0.15, -0.1) is 0 Å². The molecule has 1 aliphatic rings. The Hall–Kier alpha value is -2.43. The molecular weight excluding hydrogens is 278 g/mol. The number of pyridine rings is 1. The van der Waals surface area contributed by atoms with E-state index in [1.165, 1.54) is 0 Å². The smallest absolute Gasteiger partial charge is 0.270 e. The minimum Gasteiger partial charge on any atom is -0.341 e. The van der Waals surface area contributed by atoms with Gasteiger partial charge in [-0.05, 0) is 38.0 Å². The van der Waals surface area contributed by atoms with Crippen LogP contribution in [0, 0.1) is 6.92 Å². The number of hydrogen-bond donors (Lipinski definition) is 1. The third-order valence-corrected chi connectivity index (χ3v) is 4.14. The summed E-state index contributed by atoms with van der Waals surface area (Å²) in [6.07, 6.45) is 0.658. The van der Waals surface area contributed by atoms with Crippen LogP contribution in [-0.4, -0.2) is 40.8 Å². The number of fused-ring (bicyclic) bond motifs is 1. The Labute approximate surface area is 129 Å². The quantitative estimate of drug-likeness (QED) is 0.941. The standard InChI is InChI=1S/C17H19N3O2/c1-3-20-9-8-14(17(20)22)19-16(21)15-10-11(2)12-6-4-5-7-13(12)18-15/h4-7,10,14H,3,8-9H2,1-2H3,(H,19,21). The molecule has 114 valence electrons. The Kier molecular flexibility index (Phi) is 3.79. The SMILES string of the molecule is CCN1CCC(NC(=O)c2cc(C)c3ccccc3n2)C1=O. The number of likely N-dealkylation sites (tertiary alicyclic amines) is 1. The van der Waals surface area contributed by atoms with Crippen molar-refractivity contribution in [1.29, 1.82) is 0 Å². The van der Waals surface area contributed by atoms with Gasteiger partial charge in [0.15, 0.2) is 0 Å². The van der Waals surface area contributed by atoms with Gasteiger partial charge < -0.3 is 10.2 Å². The molecule has 1 aliphatic heterocycles. The van der Waals surface area contributed by atoms with E-state index in [2.05, 4.69) is 10.3 Å². The van der Waals surface area contributed by atoms with Crippen LogP contribution in [0.5, 0.6) is 0 Å². The van der Waals surface area contributed by atoms with Gasteiger partial charge in [-0.1, -0.05) is 18.2 Å². The highest BCUT2D eigenvalue weighted by Gasteiger charge is 2.32. The van der Waals surface area contributed by atoms with E-state index in [4.69, 9.17) is 0 Å². The van der Waals surface area contributed by atoms with Crippen LogP contribution < -0.4 is 5.32 Å². The van der Waals surface area contributed by atoms with Gasteiger partial charge in [0.05, 0.1) is 5.52 Å². The van der Waals surface area contributed by atoms with Gasteiger partial charge in [-0.25, -0.2) is 4.98 Å². The second kappa shape index (κ2) is 5.75. The van der Waals surface area contributed by atoms with Gasteiger partial charge in [0.25, 0.3) is 5.91 Å². The summed E-state index contributed by atoms with van der Waals surface area (Å²) in [5, 5.41) is 3.84. The highest BCUT2D eigenvalue weighted by Crippen LogP contribution is 2.18. The number of aromatic nitrogens is 1. The Morgan fingerprint density at radius 3 is 2.91 bits per heavy atom. The number of carbonyl (C=O) groups excluding carboxylic acids is 2. The van der Waals surface area contributed by atoms with Gasteiger partial charge in [0.1, 0.15) is 11.7 Å². The fraction of sp³-hybridized carbons (Fsp3) is 0.353. The summed E-state index contributed by atoms with van der Waals surface area (Å²) in [4.78, 5) is 30.6. The van der Waals surface area contributed by atoms with Crippen LogP contribution in [0.2, 0.25) is 0 Å². The van der Waals surface area contributed by atoms with Crippen LogP contribution in [-0.2, 0) is 4.79 Å². The van der Waals surface area contributed by atoms with Gasteiger partial charge in [0, 0.05) is 18.5 Å². The van der Waals surface area contributed by atoms with Crippen LogP contribution in [0.15, 0.2) is 30.3 Å². The molecule has 1 aromatic heterocycles. The van der Waals surface area contributed by atoms with Crippen molar-refractivity contribution in [2.45, 2.75) is 26.3 Å². The Morgan fingerprint density at radius 2 is 2.18 bits per heavy atom. The Balaban J connectivity index is 1.82. The van der Waals surface area contributed by atoms with Gasteiger partial charge >= 0.3 is 0 Å². The predicted octanol–water partition coefficient (Wildman–Crippen LogP) is 1.89. The van der Waals surface area contributed by atoms with Crippen LogP contribution in [0.1, 0.15) is 29.4 Å². The summed E-state index contributed by atoms with van der Waals surface area (Å²) in [6, 6.07) is 9.07. The number of amides is 2. The van der Waals surface area contributed by atoms with E-state index in [1.54, 1.807) is 11.0 Å². The lowest BCUT2D eigenvalue weighted by atomic mass is 10.1. The van der Waals surface area contributed by atoms with Crippen LogP contribution >= 0.6 is 0 Å². The lowest BCUT2D eigenvalue weighted by molar-refractivity contribution is -0.129. The van der Waals surface area contributed by atoms with Crippen molar-refractivity contribution in [2.24, 2.45) is 0 Å². The number of rotatable bonds is 3. The second-order valence-corrected chi connectivity index (χ2v) is 5.57. The van der Waals surface area contributed by atoms with Crippen molar-refractivity contribution in [3.8, 4) is 0 Å². The van der Waals surface area contributed by atoms with E-state index in [1.807, 2.05) is 38.1 Å². The van der Waals surface area contributed by atoms with Crippen molar-refractivity contribution in [1.82, 2.24) is 15.2 Å². The lowest BCUT2D eigenvalue weighted by Gasteiger charge is -2.14. The monoisotopic (exact) mass is 297 g/mol. The molecule has 0 aliphatic carbocycles. The van der Waals surface area contributed by atoms with Crippen molar-refractivity contribution in [3.05, 3.63) is 41.6 Å². The number of likely N-dealkylation sites (N-methyl/N-ethyl adjacent to an activating group) is 1. The molecule has 2 aromatic rings. The Bertz CT molecular complexity index is 742. The Morgan fingerprint density at radius 1 is 1.41 bits per heavy atom. The first-order valence-electron chi connectivity index (χ1n) is 7.56. The average Bonchev–Trinajstić information content (AvgIpc) is 2.87. The maximum Gasteiger partial charge on any atom is 0.270 e. The van der Waals surface area contributed by atoms with Crippen molar-refractivity contribution in [3.63, 3.8) is 0 Å². The molecule has 1 N–H and O–H groups in total. The van der Waals surface area contributed by atoms with E-state index >= 15 is 0 Å². The minimum absolute atomic E-state index is 0.00615. The molecule has 5 heteroatoms. The molecule has 2 heterocycles. The maximum atomic E-state index is 12.4. The molecule has 3 rings (SSSR count). The van der Waals surface area contributed by atoms with E-state index in [9.17, 15) is 9.59 Å². The number of benzene rings is 1. The molecule has 0 radical (unpaired) electrons. The summed E-state index contributed by atoms with van der Waals surface area (Å²) in [6.45, 7) is 5.28. The largest absolute Gasteiger partial charge is 0.341 e. The summed E-state index contributed by atoms with van der Waals surface area (Å²) >= 11 is 0. The molecule has 1 unspecified atom stereocenters. The fourth-order valence-corrected chi connectivity index (χ4v) is 2.88. The predicted molar refractivity (Wildman–Crippen MR) is 84.6 cm³/mol. The van der Waals surface area contributed by atoms with Gasteiger partial charge in [-0.2, -0.15) is 0 Å². The fourth-order valence-electron chi connectivity index (χ4n) is 2.88. The van der Waals surface area contributed by atoms with Gasteiger partial charge in [-0.3, -0.25) is 9.59 Å². The van der Waals surface area contributed by atoms with E-state index in [-0.39, 0.29) is 11.8 Å². The summed E-state index contributed by atoms with van der Waals surface area (Å²) in [5.41, 5.74) is 2.16. The molecule has 0 saturated carbocycles. The minimum atomic E-state index is -0.430. The van der Waals surface area contributed by atoms with Crippen LogP contribution in [0.25, 0.3) is 10.9 Å². The van der Waals surface area contributed by atoms with Crippen LogP contribution in [0.3, 0.4) is 0 Å². The highest BCUT2D eigenvalue weighted by atomic mass is 16.2. The molecule has 5 nitrogen and oxygen atoms in total. The molecule has 0 spiro atoms. The third kappa shape index (κ3) is 2.54. The zero-order valence-corrected chi connectivity index (χ0v) is 12.8. The molecular formula is C17H19N3O2. The number of para-hydroxylation sites is 1. The number of nitrogens with zero attached hydrogens (tertiary/aromatic N) is 2. The average molecular weight is 297 g/mol. The molecule has 1 aromatic carbocycles. The molecule has 2 amide bonds. The molecule has 1 atom stereocenters. The zero-order chi connectivity index (χ0) is 15.7. The topological polar surface area (TPSA) is 62.3 Å². The number of nitrogens with one attached hydrogen (secondary N) is 1. The van der Waals surface area contributed by atoms with Gasteiger partial charge in [0.2, 0.25) is 5.91 Å². The third-order valence-electron chi connectivity index (χ3n) is 4.14. The first kappa shape index (κ1) is 14.5. The van der Waals surface area contributed by atoms with Crippen molar-refractivity contribution >= 4 is 22.7 Å². The van der Waals surface area contributed by atoms with E-state index in [0.29, 0.717) is 25.2 Å². The second-order valence-electron chi connectivity index (χ2n) is 5.57. The van der Waals surface area contributed by atoms with E-state index < -0.39 is 6.04 Å². The van der Waals surface area contributed by atoms with E-state index in [0.717, 1.165) is 16.5 Å². The molecule has 1 saturated heterocycles. The first-order valence-corrected chi connectivity index (χ1v) is 7.56. The summed E-state index contributed by atoms with van der Waals surface area (Å²) < 4.78 is 0. The first-order chi connectivity index (χ1) is 10.6. The molecule has 1 fully saturated rings. The normalized spacial score (nSPS) is 18.0. The number of carbonyl (C=O) groups is 2. The number of aryl methyl sites for hydroxylation is 1. The highest BCUT2D eigenvalue weighted by molar-refractivity contribution is 5.98. The van der Waals surface area contributed by atoms with Crippen molar-refractivity contribution < 1.29 is 9.59 Å². The summed E-state index contributed by atoms with van der Waals surface area (Å²) in [5.74, 6) is -0.293. The number of hydrogen-bond acceptors (Lipinski definition) is 3. The molecule has 0 bridgehead atoms. The van der Waals surface area contributed by atoms with Crippen LogP contribution in [0.4, 0.5) is 0 Å². The maximum absolute atomic E-state index is 12.4. The summed E-state index contributed by atoms with van der Waals surface area (Å²) in [7, 11) is 0. The van der Waals surface area contributed by atoms with Crippen molar-refractivity contribution in [2.75, 3.05) is 13.1 Å².